The monoisotopic (exact) mass is 311 g/mol. The Morgan fingerprint density at radius 1 is 1.60 bits per heavy atom. The maximum Gasteiger partial charge on any atom is 0.328 e. The molecule has 0 saturated carbocycles. The molecule has 0 bridgehead atoms. The van der Waals surface area contributed by atoms with Crippen LogP contribution in [0.3, 0.4) is 0 Å². The summed E-state index contributed by atoms with van der Waals surface area (Å²) in [5.41, 5.74) is 1.92. The average molecular weight is 312 g/mol. The Morgan fingerprint density at radius 2 is 2.40 bits per heavy atom. The third kappa shape index (κ3) is 3.93. The molecule has 1 saturated heterocycles. The molecule has 1 heterocycles. The first-order valence-corrected chi connectivity index (χ1v) is 8.10. The molecule has 5 heteroatoms. The second-order valence-electron chi connectivity index (χ2n) is 4.72. The Morgan fingerprint density at radius 3 is 3.10 bits per heavy atom. The zero-order valence-corrected chi connectivity index (χ0v) is 13.0. The zero-order valence-electron chi connectivity index (χ0n) is 11.4. The molecule has 1 aromatic carbocycles. The van der Waals surface area contributed by atoms with Gasteiger partial charge in [-0.05, 0) is 30.2 Å². The first-order valence-electron chi connectivity index (χ1n) is 6.67. The number of nitrogens with zero attached hydrogens (tertiary/aromatic N) is 1. The molecule has 0 aromatic heterocycles. The lowest BCUT2D eigenvalue weighted by Gasteiger charge is -2.34. The van der Waals surface area contributed by atoms with Crippen molar-refractivity contribution in [1.82, 2.24) is 0 Å². The molecule has 0 spiro atoms. The summed E-state index contributed by atoms with van der Waals surface area (Å²) in [5, 5.41) is 10.1. The molecule has 3 nitrogen and oxygen atoms in total. The molecular weight excluding hydrogens is 294 g/mol. The predicted octanol–water partition coefficient (Wildman–Crippen LogP) is 3.77. The van der Waals surface area contributed by atoms with Crippen molar-refractivity contribution in [1.29, 1.82) is 0 Å². The van der Waals surface area contributed by atoms with Crippen LogP contribution in [-0.4, -0.2) is 35.2 Å². The van der Waals surface area contributed by atoms with Gasteiger partial charge in [0.2, 0.25) is 0 Å². The Kier molecular flexibility index (Phi) is 5.38. The van der Waals surface area contributed by atoms with Crippen LogP contribution >= 0.6 is 23.4 Å². The second kappa shape index (κ2) is 7.04. The lowest BCUT2D eigenvalue weighted by atomic mass is 10.1. The number of halogens is 1. The van der Waals surface area contributed by atoms with Crippen molar-refractivity contribution < 1.29 is 9.90 Å². The number of carboxylic acid groups (broad SMARTS) is 1. The van der Waals surface area contributed by atoms with Crippen LogP contribution in [0.2, 0.25) is 5.02 Å². The molecule has 0 aliphatic carbocycles. The summed E-state index contributed by atoms with van der Waals surface area (Å²) >= 11 is 8.10. The maximum absolute atomic E-state index is 10.7. The Balaban J connectivity index is 2.28. The van der Waals surface area contributed by atoms with Crippen LogP contribution in [-0.2, 0) is 4.79 Å². The van der Waals surface area contributed by atoms with Crippen molar-refractivity contribution in [2.45, 2.75) is 18.6 Å². The van der Waals surface area contributed by atoms with Gasteiger partial charge in [-0.3, -0.25) is 0 Å². The van der Waals surface area contributed by atoms with Crippen molar-refractivity contribution >= 4 is 41.1 Å². The van der Waals surface area contributed by atoms with Gasteiger partial charge >= 0.3 is 5.97 Å². The van der Waals surface area contributed by atoms with Gasteiger partial charge < -0.3 is 10.0 Å². The molecule has 1 aliphatic rings. The van der Waals surface area contributed by atoms with Gasteiger partial charge in [-0.2, -0.15) is 11.8 Å². The highest BCUT2D eigenvalue weighted by Gasteiger charge is 2.20. The first-order chi connectivity index (χ1) is 9.60. The van der Waals surface area contributed by atoms with E-state index in [9.17, 15) is 4.79 Å². The van der Waals surface area contributed by atoms with Gasteiger partial charge in [-0.15, -0.1) is 0 Å². The van der Waals surface area contributed by atoms with Crippen LogP contribution in [0.5, 0.6) is 0 Å². The van der Waals surface area contributed by atoms with Crippen molar-refractivity contribution in [3.8, 4) is 0 Å². The third-order valence-electron chi connectivity index (χ3n) is 3.33. The molecule has 0 amide bonds. The average Bonchev–Trinajstić information content (AvgIpc) is 2.46. The van der Waals surface area contributed by atoms with E-state index >= 15 is 0 Å². The molecule has 1 aliphatic heterocycles. The summed E-state index contributed by atoms with van der Waals surface area (Å²) in [5.74, 6) is 0.152. The summed E-state index contributed by atoms with van der Waals surface area (Å²) in [4.78, 5) is 13.0. The van der Waals surface area contributed by atoms with Crippen molar-refractivity contribution in [3.05, 3.63) is 34.9 Å². The van der Waals surface area contributed by atoms with E-state index in [1.54, 1.807) is 12.1 Å². The quantitative estimate of drug-likeness (QED) is 0.859. The van der Waals surface area contributed by atoms with Gasteiger partial charge in [0.25, 0.3) is 0 Å². The fourth-order valence-corrected chi connectivity index (χ4v) is 3.62. The van der Waals surface area contributed by atoms with Gasteiger partial charge in [0.1, 0.15) is 0 Å². The summed E-state index contributed by atoms with van der Waals surface area (Å²) in [7, 11) is 0. The highest BCUT2D eigenvalue weighted by molar-refractivity contribution is 8.00. The predicted molar refractivity (Wildman–Crippen MR) is 86.9 cm³/mol. The zero-order chi connectivity index (χ0) is 14.5. The molecule has 108 valence electrons. The molecule has 2 rings (SSSR count). The van der Waals surface area contributed by atoms with Crippen LogP contribution in [0, 0.1) is 0 Å². The van der Waals surface area contributed by atoms with E-state index < -0.39 is 5.97 Å². The Hall–Kier alpha value is -1.13. The van der Waals surface area contributed by atoms with E-state index in [-0.39, 0.29) is 0 Å². The highest BCUT2D eigenvalue weighted by Crippen LogP contribution is 2.31. The van der Waals surface area contributed by atoms with Gasteiger partial charge in [-0.1, -0.05) is 24.6 Å². The van der Waals surface area contributed by atoms with Crippen LogP contribution < -0.4 is 4.90 Å². The van der Waals surface area contributed by atoms with E-state index in [0.717, 1.165) is 36.5 Å². The van der Waals surface area contributed by atoms with E-state index in [1.807, 2.05) is 23.9 Å². The number of hydrogen-bond donors (Lipinski definition) is 1. The lowest BCUT2D eigenvalue weighted by Crippen LogP contribution is -2.38. The van der Waals surface area contributed by atoms with Crippen molar-refractivity contribution in [2.24, 2.45) is 0 Å². The minimum atomic E-state index is -0.938. The standard InChI is InChI=1S/C15H18ClNO2S/c1-2-13-10-17(7-8-20-13)14-9-12(16)5-3-11(14)4-6-15(18)19/h3-6,9,13H,2,7-8,10H2,1H3,(H,18,19)/b6-4+. The third-order valence-corrected chi connectivity index (χ3v) is 4.94. The number of carboxylic acids is 1. The minimum Gasteiger partial charge on any atom is -0.478 e. The van der Waals surface area contributed by atoms with Crippen LogP contribution in [0.25, 0.3) is 6.08 Å². The van der Waals surface area contributed by atoms with E-state index in [0.29, 0.717) is 10.3 Å². The maximum atomic E-state index is 10.7. The number of aliphatic carboxylic acids is 1. The second-order valence-corrected chi connectivity index (χ2v) is 6.57. The Bertz CT molecular complexity index is 519. The van der Waals surface area contributed by atoms with E-state index in [1.165, 1.54) is 6.08 Å². The first kappa shape index (κ1) is 15.3. The molecule has 1 unspecified atom stereocenters. The van der Waals surface area contributed by atoms with Crippen LogP contribution in [0.15, 0.2) is 24.3 Å². The normalized spacial score (nSPS) is 19.5. The van der Waals surface area contributed by atoms with Crippen LogP contribution in [0.1, 0.15) is 18.9 Å². The number of thioether (sulfide) groups is 1. The van der Waals surface area contributed by atoms with Gasteiger partial charge in [0.15, 0.2) is 0 Å². The van der Waals surface area contributed by atoms with E-state index in [4.69, 9.17) is 16.7 Å². The number of rotatable bonds is 4. The smallest absolute Gasteiger partial charge is 0.328 e. The fraction of sp³-hybridized carbons (Fsp3) is 0.400. The minimum absolute atomic E-state index is 0.624. The molecule has 1 atom stereocenters. The summed E-state index contributed by atoms with van der Waals surface area (Å²) in [6.45, 7) is 4.15. The van der Waals surface area contributed by atoms with Gasteiger partial charge in [-0.25, -0.2) is 4.79 Å². The largest absolute Gasteiger partial charge is 0.478 e. The van der Waals surface area contributed by atoms with Gasteiger partial charge in [0, 0.05) is 40.9 Å². The van der Waals surface area contributed by atoms with Crippen LogP contribution in [0.4, 0.5) is 5.69 Å². The number of hydrogen-bond acceptors (Lipinski definition) is 3. The number of carbonyl (C=O) groups is 1. The number of anilines is 1. The molecule has 1 N–H and O–H groups in total. The lowest BCUT2D eigenvalue weighted by molar-refractivity contribution is -0.131. The molecule has 1 fully saturated rings. The fourth-order valence-electron chi connectivity index (χ4n) is 2.28. The molecule has 0 radical (unpaired) electrons. The number of benzene rings is 1. The van der Waals surface area contributed by atoms with Gasteiger partial charge in [0.05, 0.1) is 0 Å². The molecule has 20 heavy (non-hydrogen) atoms. The highest BCUT2D eigenvalue weighted by atomic mass is 35.5. The summed E-state index contributed by atoms with van der Waals surface area (Å²) < 4.78 is 0. The summed E-state index contributed by atoms with van der Waals surface area (Å²) in [6.07, 6.45) is 3.95. The SMILES string of the molecule is CCC1CN(c2cc(Cl)ccc2/C=C/C(=O)O)CCS1. The Labute approximate surface area is 128 Å². The summed E-state index contributed by atoms with van der Waals surface area (Å²) in [6, 6.07) is 5.59. The van der Waals surface area contributed by atoms with Crippen molar-refractivity contribution in [2.75, 3.05) is 23.7 Å². The topological polar surface area (TPSA) is 40.5 Å². The molecular formula is C15H18ClNO2S. The molecule has 1 aromatic rings. The van der Waals surface area contributed by atoms with Crippen molar-refractivity contribution in [3.63, 3.8) is 0 Å². The van der Waals surface area contributed by atoms with E-state index in [2.05, 4.69) is 11.8 Å².